The summed E-state index contributed by atoms with van der Waals surface area (Å²) in [7, 11) is 0. The minimum absolute atomic E-state index is 0.348. The molecule has 1 aliphatic heterocycles. The number of ether oxygens (including phenoxy) is 1. The Balaban J connectivity index is 1.85. The Morgan fingerprint density at radius 3 is 2.96 bits per heavy atom. The zero-order valence-electron chi connectivity index (χ0n) is 15.0. The molecule has 1 aliphatic rings. The summed E-state index contributed by atoms with van der Waals surface area (Å²) in [6.45, 7) is 9.72. The molecule has 3 N–H and O–H groups in total. The number of rotatable bonds is 9. The van der Waals surface area contributed by atoms with E-state index in [1.54, 1.807) is 0 Å². The van der Waals surface area contributed by atoms with Gasteiger partial charge in [0, 0.05) is 24.6 Å². The lowest BCUT2D eigenvalue weighted by Gasteiger charge is -2.35. The second-order valence-electron chi connectivity index (χ2n) is 6.45. The molecular formula is C18H32N4OS. The highest BCUT2D eigenvalue weighted by Gasteiger charge is 2.25. The van der Waals surface area contributed by atoms with E-state index in [-0.39, 0.29) is 0 Å². The van der Waals surface area contributed by atoms with Gasteiger partial charge in [0.1, 0.15) is 0 Å². The van der Waals surface area contributed by atoms with E-state index in [2.05, 4.69) is 39.6 Å². The molecule has 0 spiro atoms. The third-order valence-corrected chi connectivity index (χ3v) is 5.51. The lowest BCUT2D eigenvalue weighted by molar-refractivity contribution is 0.143. The van der Waals surface area contributed by atoms with Crippen LogP contribution in [0.5, 0.6) is 0 Å². The van der Waals surface area contributed by atoms with E-state index in [1.807, 2.05) is 18.3 Å². The lowest BCUT2D eigenvalue weighted by Crippen LogP contribution is -2.38. The first kappa shape index (κ1) is 19.2. The summed E-state index contributed by atoms with van der Waals surface area (Å²) in [6.07, 6.45) is 3.50. The fraction of sp³-hybridized carbons (Fsp3) is 0.722. The molecule has 0 radical (unpaired) electrons. The van der Waals surface area contributed by atoms with Crippen molar-refractivity contribution in [3.8, 4) is 0 Å². The third-order valence-electron chi connectivity index (χ3n) is 4.54. The van der Waals surface area contributed by atoms with Crippen molar-refractivity contribution in [2.75, 3.05) is 39.4 Å². The van der Waals surface area contributed by atoms with Gasteiger partial charge < -0.3 is 15.8 Å². The summed E-state index contributed by atoms with van der Waals surface area (Å²) < 4.78 is 5.32. The van der Waals surface area contributed by atoms with E-state index in [1.165, 1.54) is 17.7 Å². The van der Waals surface area contributed by atoms with Gasteiger partial charge in [-0.15, -0.1) is 11.3 Å². The molecule has 0 amide bonds. The first-order chi connectivity index (χ1) is 11.7. The fourth-order valence-corrected chi connectivity index (χ4v) is 3.83. The summed E-state index contributed by atoms with van der Waals surface area (Å²) in [5.74, 6) is 1.38. The maximum absolute atomic E-state index is 6.02. The summed E-state index contributed by atoms with van der Waals surface area (Å²) in [5, 5.41) is 5.33. The van der Waals surface area contributed by atoms with Crippen LogP contribution >= 0.6 is 11.3 Å². The van der Waals surface area contributed by atoms with Crippen molar-refractivity contribution in [1.29, 1.82) is 0 Å². The van der Waals surface area contributed by atoms with Crippen LogP contribution in [0.15, 0.2) is 22.5 Å². The highest BCUT2D eigenvalue weighted by Crippen LogP contribution is 2.29. The molecule has 136 valence electrons. The van der Waals surface area contributed by atoms with Gasteiger partial charge in [-0.2, -0.15) is 0 Å². The number of guanidine groups is 1. The average Bonchev–Trinajstić information content (AvgIpc) is 3.11. The van der Waals surface area contributed by atoms with Gasteiger partial charge in [0.2, 0.25) is 0 Å². The van der Waals surface area contributed by atoms with Crippen LogP contribution < -0.4 is 11.1 Å². The molecule has 1 aromatic rings. The van der Waals surface area contributed by atoms with Gasteiger partial charge in [0.25, 0.3) is 0 Å². The van der Waals surface area contributed by atoms with Crippen LogP contribution in [0.25, 0.3) is 0 Å². The molecule has 24 heavy (non-hydrogen) atoms. The zero-order chi connectivity index (χ0) is 17.2. The smallest absolute Gasteiger partial charge is 0.188 e. The van der Waals surface area contributed by atoms with Crippen molar-refractivity contribution in [3.63, 3.8) is 0 Å². The van der Waals surface area contributed by atoms with Crippen LogP contribution in [0.4, 0.5) is 0 Å². The van der Waals surface area contributed by atoms with Crippen molar-refractivity contribution in [1.82, 2.24) is 10.2 Å². The molecule has 1 fully saturated rings. The Bertz CT molecular complexity index is 469. The normalized spacial score (nSPS) is 18.7. The van der Waals surface area contributed by atoms with Gasteiger partial charge in [0.15, 0.2) is 5.96 Å². The fourth-order valence-electron chi connectivity index (χ4n) is 2.98. The average molecular weight is 353 g/mol. The van der Waals surface area contributed by atoms with Crippen LogP contribution in [0.3, 0.4) is 0 Å². The van der Waals surface area contributed by atoms with E-state index in [0.29, 0.717) is 12.0 Å². The SMILES string of the molecule is CCOCCCNC(N)=NCC(c1cccs1)N1CCC(C)CC1. The molecular weight excluding hydrogens is 320 g/mol. The molecule has 1 saturated heterocycles. The van der Waals surface area contributed by atoms with Crippen LogP contribution in [-0.2, 0) is 4.74 Å². The number of likely N-dealkylation sites (tertiary alicyclic amines) is 1. The number of nitrogens with one attached hydrogen (secondary N) is 1. The van der Waals surface area contributed by atoms with Crippen molar-refractivity contribution < 1.29 is 4.74 Å². The number of nitrogens with zero attached hydrogens (tertiary/aromatic N) is 2. The molecule has 1 unspecified atom stereocenters. The Labute approximate surface area is 150 Å². The molecule has 0 saturated carbocycles. The zero-order valence-corrected chi connectivity index (χ0v) is 15.9. The second kappa shape index (κ2) is 10.7. The summed E-state index contributed by atoms with van der Waals surface area (Å²) in [6, 6.07) is 4.69. The number of aliphatic imine (C=N–C) groups is 1. The number of hydrogen-bond donors (Lipinski definition) is 2. The van der Waals surface area contributed by atoms with Crippen LogP contribution in [0.2, 0.25) is 0 Å². The van der Waals surface area contributed by atoms with Gasteiger partial charge in [-0.05, 0) is 56.6 Å². The summed E-state index contributed by atoms with van der Waals surface area (Å²) >= 11 is 1.82. The standard InChI is InChI=1S/C18H32N4OS/c1-3-23-12-5-9-20-18(19)21-14-16(17-6-4-13-24-17)22-10-7-15(2)8-11-22/h4,6,13,15-16H,3,5,7-12,14H2,1-2H3,(H3,19,20,21). The monoisotopic (exact) mass is 352 g/mol. The first-order valence-corrected chi connectivity index (χ1v) is 9.97. The largest absolute Gasteiger partial charge is 0.382 e. The van der Waals surface area contributed by atoms with Gasteiger partial charge in [-0.25, -0.2) is 0 Å². The Morgan fingerprint density at radius 2 is 2.29 bits per heavy atom. The quantitative estimate of drug-likeness (QED) is 0.407. The molecule has 0 aromatic carbocycles. The van der Waals surface area contributed by atoms with Crippen molar-refractivity contribution in [2.45, 2.75) is 39.2 Å². The number of piperidine rings is 1. The molecule has 0 bridgehead atoms. The van der Waals surface area contributed by atoms with E-state index in [4.69, 9.17) is 10.5 Å². The maximum atomic E-state index is 6.02. The van der Waals surface area contributed by atoms with E-state index in [0.717, 1.165) is 51.7 Å². The van der Waals surface area contributed by atoms with Crippen molar-refractivity contribution in [3.05, 3.63) is 22.4 Å². The topological polar surface area (TPSA) is 62.9 Å². The van der Waals surface area contributed by atoms with Gasteiger partial charge in [-0.1, -0.05) is 13.0 Å². The molecule has 0 aliphatic carbocycles. The van der Waals surface area contributed by atoms with E-state index >= 15 is 0 Å². The third kappa shape index (κ3) is 6.42. The van der Waals surface area contributed by atoms with Crippen LogP contribution in [0, 0.1) is 5.92 Å². The maximum Gasteiger partial charge on any atom is 0.188 e. The molecule has 1 aromatic heterocycles. The molecule has 5 nitrogen and oxygen atoms in total. The Kier molecular flexibility index (Phi) is 8.56. The summed E-state index contributed by atoms with van der Waals surface area (Å²) in [5.41, 5.74) is 6.02. The van der Waals surface area contributed by atoms with Crippen molar-refractivity contribution >= 4 is 17.3 Å². The lowest BCUT2D eigenvalue weighted by atomic mass is 9.97. The molecule has 1 atom stereocenters. The van der Waals surface area contributed by atoms with E-state index in [9.17, 15) is 0 Å². The number of nitrogens with two attached hydrogens (primary N) is 1. The molecule has 6 heteroatoms. The Morgan fingerprint density at radius 1 is 1.50 bits per heavy atom. The van der Waals surface area contributed by atoms with E-state index < -0.39 is 0 Å². The summed E-state index contributed by atoms with van der Waals surface area (Å²) in [4.78, 5) is 8.55. The predicted octanol–water partition coefficient (Wildman–Crippen LogP) is 2.85. The minimum atomic E-state index is 0.348. The highest BCUT2D eigenvalue weighted by molar-refractivity contribution is 7.10. The van der Waals surface area contributed by atoms with Gasteiger partial charge in [-0.3, -0.25) is 9.89 Å². The second-order valence-corrected chi connectivity index (χ2v) is 7.43. The van der Waals surface area contributed by atoms with Crippen molar-refractivity contribution in [2.24, 2.45) is 16.6 Å². The highest BCUT2D eigenvalue weighted by atomic mass is 32.1. The number of hydrogen-bond acceptors (Lipinski definition) is 4. The molecule has 2 rings (SSSR count). The van der Waals surface area contributed by atoms with Gasteiger partial charge in [0.05, 0.1) is 12.6 Å². The Hall–Kier alpha value is -1.11. The predicted molar refractivity (Wildman–Crippen MR) is 103 cm³/mol. The minimum Gasteiger partial charge on any atom is -0.382 e. The molecule has 2 heterocycles. The van der Waals surface area contributed by atoms with Gasteiger partial charge >= 0.3 is 0 Å². The number of thiophene rings is 1. The van der Waals surface area contributed by atoms with Crippen LogP contribution in [0.1, 0.15) is 44.0 Å². The first-order valence-electron chi connectivity index (χ1n) is 9.09. The van der Waals surface area contributed by atoms with Crippen LogP contribution in [-0.4, -0.2) is 50.3 Å².